The van der Waals surface area contributed by atoms with Crippen LogP contribution < -0.4 is 10.6 Å². The summed E-state index contributed by atoms with van der Waals surface area (Å²) < 4.78 is 5.40. The summed E-state index contributed by atoms with van der Waals surface area (Å²) in [5.41, 5.74) is 0.983. The third-order valence-corrected chi connectivity index (χ3v) is 3.87. The fourth-order valence-electron chi connectivity index (χ4n) is 2.67. The molecule has 1 atom stereocenters. The van der Waals surface area contributed by atoms with Crippen LogP contribution in [0.1, 0.15) is 40.0 Å². The number of rotatable bonds is 3. The highest BCUT2D eigenvalue weighted by Crippen LogP contribution is 2.15. The lowest BCUT2D eigenvalue weighted by Crippen LogP contribution is -2.44. The number of ether oxygens (including phenoxy) is 1. The number of amides is 1. The molecule has 2 aliphatic heterocycles. The quantitative estimate of drug-likeness (QED) is 0.781. The minimum absolute atomic E-state index is 0.206. The fourth-order valence-corrected chi connectivity index (χ4v) is 2.67. The van der Waals surface area contributed by atoms with E-state index in [0.717, 1.165) is 32.6 Å². The number of piperidine rings is 1. The number of hydrogen-bond donors (Lipinski definition) is 2. The van der Waals surface area contributed by atoms with E-state index in [0.29, 0.717) is 12.6 Å². The van der Waals surface area contributed by atoms with Gasteiger partial charge in [0.25, 0.3) is 0 Å². The summed E-state index contributed by atoms with van der Waals surface area (Å²) >= 11 is 0. The lowest BCUT2D eigenvalue weighted by molar-refractivity contribution is 0.0265. The van der Waals surface area contributed by atoms with Crippen LogP contribution in [0.3, 0.4) is 0 Å². The molecule has 5 heteroatoms. The Morgan fingerprint density at radius 3 is 2.90 bits per heavy atom. The summed E-state index contributed by atoms with van der Waals surface area (Å²) in [7, 11) is 0. The molecule has 2 rings (SSSR count). The highest BCUT2D eigenvalue weighted by molar-refractivity contribution is 5.68. The summed E-state index contributed by atoms with van der Waals surface area (Å²) in [5.74, 6) is 0. The van der Waals surface area contributed by atoms with Crippen molar-refractivity contribution in [2.24, 2.45) is 0 Å². The van der Waals surface area contributed by atoms with Gasteiger partial charge in [-0.3, -0.25) is 0 Å². The number of carbonyl (C=O) groups is 1. The van der Waals surface area contributed by atoms with E-state index in [9.17, 15) is 4.79 Å². The molecular formula is C16H29N3O2. The Morgan fingerprint density at radius 1 is 1.52 bits per heavy atom. The van der Waals surface area contributed by atoms with Gasteiger partial charge in [-0.15, -0.1) is 0 Å². The first-order valence-corrected chi connectivity index (χ1v) is 8.04. The van der Waals surface area contributed by atoms with Gasteiger partial charge in [0.15, 0.2) is 0 Å². The Kier molecular flexibility index (Phi) is 5.65. The van der Waals surface area contributed by atoms with E-state index in [-0.39, 0.29) is 6.09 Å². The average molecular weight is 295 g/mol. The van der Waals surface area contributed by atoms with Crippen LogP contribution in [-0.2, 0) is 4.74 Å². The summed E-state index contributed by atoms with van der Waals surface area (Å²) in [6.45, 7) is 10.3. The van der Waals surface area contributed by atoms with Gasteiger partial charge in [-0.05, 0) is 46.6 Å². The predicted molar refractivity (Wildman–Crippen MR) is 84.4 cm³/mol. The SMILES string of the molecule is CC(C)(C)OC(=O)N1CC=C(CNC2CCCNC2)CC1. The fraction of sp³-hybridized carbons (Fsp3) is 0.812. The molecule has 120 valence electrons. The van der Waals surface area contributed by atoms with Gasteiger partial charge in [-0.2, -0.15) is 0 Å². The molecular weight excluding hydrogens is 266 g/mol. The van der Waals surface area contributed by atoms with Crippen molar-refractivity contribution in [2.75, 3.05) is 32.7 Å². The van der Waals surface area contributed by atoms with Crippen molar-refractivity contribution < 1.29 is 9.53 Å². The normalized spacial score (nSPS) is 23.7. The molecule has 1 saturated heterocycles. The molecule has 0 aromatic heterocycles. The molecule has 0 aliphatic carbocycles. The van der Waals surface area contributed by atoms with Crippen LogP contribution in [0.5, 0.6) is 0 Å². The van der Waals surface area contributed by atoms with Gasteiger partial charge in [0.2, 0.25) is 0 Å². The second-order valence-corrected chi connectivity index (χ2v) is 6.96. The third-order valence-electron chi connectivity index (χ3n) is 3.87. The maximum Gasteiger partial charge on any atom is 0.410 e. The van der Waals surface area contributed by atoms with E-state index in [1.54, 1.807) is 4.90 Å². The summed E-state index contributed by atoms with van der Waals surface area (Å²) in [5, 5.41) is 7.02. The van der Waals surface area contributed by atoms with Crippen LogP contribution in [0, 0.1) is 0 Å². The molecule has 2 N–H and O–H groups in total. The monoisotopic (exact) mass is 295 g/mol. The maximum atomic E-state index is 12.0. The van der Waals surface area contributed by atoms with Crippen molar-refractivity contribution in [1.29, 1.82) is 0 Å². The van der Waals surface area contributed by atoms with Crippen LogP contribution in [0.25, 0.3) is 0 Å². The Labute approximate surface area is 128 Å². The highest BCUT2D eigenvalue weighted by Gasteiger charge is 2.23. The van der Waals surface area contributed by atoms with Crippen molar-refractivity contribution in [2.45, 2.75) is 51.7 Å². The molecule has 2 aliphatic rings. The van der Waals surface area contributed by atoms with Gasteiger partial charge in [-0.25, -0.2) is 4.79 Å². The zero-order chi connectivity index (χ0) is 15.3. The van der Waals surface area contributed by atoms with E-state index in [2.05, 4.69) is 16.7 Å². The molecule has 2 heterocycles. The van der Waals surface area contributed by atoms with Crippen molar-refractivity contribution in [3.63, 3.8) is 0 Å². The Hall–Kier alpha value is -1.07. The summed E-state index contributed by atoms with van der Waals surface area (Å²) in [6, 6.07) is 0.587. The molecule has 0 aromatic rings. The minimum Gasteiger partial charge on any atom is -0.444 e. The molecule has 0 bridgehead atoms. The molecule has 0 aromatic carbocycles. The van der Waals surface area contributed by atoms with Gasteiger partial charge in [-0.1, -0.05) is 11.6 Å². The van der Waals surface area contributed by atoms with Gasteiger partial charge in [0.1, 0.15) is 5.60 Å². The molecule has 0 spiro atoms. The minimum atomic E-state index is -0.420. The summed E-state index contributed by atoms with van der Waals surface area (Å²) in [6.07, 6.45) is 5.40. The number of hydrogen-bond acceptors (Lipinski definition) is 4. The Morgan fingerprint density at radius 2 is 2.33 bits per heavy atom. The van der Waals surface area contributed by atoms with Crippen LogP contribution in [0.2, 0.25) is 0 Å². The van der Waals surface area contributed by atoms with Crippen molar-refractivity contribution >= 4 is 6.09 Å². The molecule has 1 amide bonds. The van der Waals surface area contributed by atoms with E-state index in [1.807, 2.05) is 20.8 Å². The first-order chi connectivity index (χ1) is 9.94. The van der Waals surface area contributed by atoms with Gasteiger partial charge >= 0.3 is 6.09 Å². The van der Waals surface area contributed by atoms with Crippen LogP contribution in [-0.4, -0.2) is 55.4 Å². The van der Waals surface area contributed by atoms with Gasteiger partial charge in [0.05, 0.1) is 0 Å². The molecule has 21 heavy (non-hydrogen) atoms. The number of nitrogens with one attached hydrogen (secondary N) is 2. The van der Waals surface area contributed by atoms with E-state index in [1.165, 1.54) is 18.4 Å². The molecule has 1 fully saturated rings. The van der Waals surface area contributed by atoms with Gasteiger partial charge in [0, 0.05) is 32.2 Å². The smallest absolute Gasteiger partial charge is 0.410 e. The first-order valence-electron chi connectivity index (χ1n) is 8.04. The lowest BCUT2D eigenvalue weighted by atomic mass is 10.1. The third kappa shape index (κ3) is 5.67. The van der Waals surface area contributed by atoms with Crippen LogP contribution >= 0.6 is 0 Å². The molecule has 0 saturated carbocycles. The Balaban J connectivity index is 1.72. The zero-order valence-electron chi connectivity index (χ0n) is 13.6. The van der Waals surface area contributed by atoms with Crippen LogP contribution in [0.15, 0.2) is 11.6 Å². The number of carbonyl (C=O) groups excluding carboxylic acids is 1. The lowest BCUT2D eigenvalue weighted by Gasteiger charge is -2.30. The van der Waals surface area contributed by atoms with Crippen molar-refractivity contribution in [3.05, 3.63) is 11.6 Å². The standard InChI is InChI=1S/C16H29N3O2/c1-16(2,3)21-15(20)19-9-6-13(7-10-19)11-18-14-5-4-8-17-12-14/h6,14,17-18H,4-5,7-12H2,1-3H3. The van der Waals surface area contributed by atoms with Gasteiger partial charge < -0.3 is 20.3 Å². The highest BCUT2D eigenvalue weighted by atomic mass is 16.6. The van der Waals surface area contributed by atoms with E-state index < -0.39 is 5.60 Å². The maximum absolute atomic E-state index is 12.0. The topological polar surface area (TPSA) is 53.6 Å². The zero-order valence-corrected chi connectivity index (χ0v) is 13.6. The summed E-state index contributed by atoms with van der Waals surface area (Å²) in [4.78, 5) is 13.8. The second-order valence-electron chi connectivity index (χ2n) is 6.96. The average Bonchev–Trinajstić information content (AvgIpc) is 2.45. The van der Waals surface area contributed by atoms with E-state index >= 15 is 0 Å². The van der Waals surface area contributed by atoms with E-state index in [4.69, 9.17) is 4.74 Å². The predicted octanol–water partition coefficient (Wildman–Crippen LogP) is 1.90. The Bertz CT molecular complexity index is 381. The molecule has 1 unspecified atom stereocenters. The number of nitrogens with zero attached hydrogens (tertiary/aromatic N) is 1. The van der Waals surface area contributed by atoms with Crippen LogP contribution in [0.4, 0.5) is 4.79 Å². The second kappa shape index (κ2) is 7.27. The molecule has 5 nitrogen and oxygen atoms in total. The molecule has 0 radical (unpaired) electrons. The largest absolute Gasteiger partial charge is 0.444 e. The van der Waals surface area contributed by atoms with Crippen molar-refractivity contribution in [1.82, 2.24) is 15.5 Å². The van der Waals surface area contributed by atoms with Crippen molar-refractivity contribution in [3.8, 4) is 0 Å². The first kappa shape index (κ1) is 16.3.